The van der Waals surface area contributed by atoms with Gasteiger partial charge in [0.1, 0.15) is 5.65 Å². The number of hydrogen-bond donors (Lipinski definition) is 0. The van der Waals surface area contributed by atoms with E-state index in [1.807, 2.05) is 0 Å². The van der Waals surface area contributed by atoms with Crippen LogP contribution in [0.25, 0.3) is 27.6 Å². The summed E-state index contributed by atoms with van der Waals surface area (Å²) < 4.78 is 2.27. The normalized spacial score (nSPS) is 11.7. The van der Waals surface area contributed by atoms with Gasteiger partial charge in [-0.05, 0) is 48.6 Å². The molecule has 0 saturated heterocycles. The molecule has 0 aliphatic rings. The van der Waals surface area contributed by atoms with Crippen molar-refractivity contribution in [2.24, 2.45) is 0 Å². The van der Waals surface area contributed by atoms with Gasteiger partial charge < -0.3 is 0 Å². The van der Waals surface area contributed by atoms with Crippen molar-refractivity contribution in [2.45, 2.75) is 13.8 Å². The monoisotopic (exact) mass is 246 g/mol. The highest BCUT2D eigenvalue weighted by atomic mass is 15.0. The summed E-state index contributed by atoms with van der Waals surface area (Å²) >= 11 is 0. The molecule has 2 heterocycles. The molecule has 4 aromatic rings. The zero-order chi connectivity index (χ0) is 13.0. The zero-order valence-electron chi connectivity index (χ0n) is 11.0. The third-order valence-corrected chi connectivity index (χ3v) is 3.82. The maximum atomic E-state index is 4.79. The Hall–Kier alpha value is -2.35. The van der Waals surface area contributed by atoms with Crippen molar-refractivity contribution < 1.29 is 0 Å². The van der Waals surface area contributed by atoms with E-state index in [2.05, 4.69) is 66.8 Å². The molecule has 0 unspecified atom stereocenters. The molecular weight excluding hydrogens is 232 g/mol. The van der Waals surface area contributed by atoms with Gasteiger partial charge in [-0.25, -0.2) is 4.98 Å². The average molecular weight is 246 g/mol. The van der Waals surface area contributed by atoms with Gasteiger partial charge in [0, 0.05) is 0 Å². The van der Waals surface area contributed by atoms with Crippen molar-refractivity contribution in [3.8, 4) is 0 Å². The molecule has 0 bridgehead atoms. The Balaban J connectivity index is 2.39. The van der Waals surface area contributed by atoms with Crippen LogP contribution in [0.5, 0.6) is 0 Å². The van der Waals surface area contributed by atoms with Crippen molar-refractivity contribution in [2.75, 3.05) is 0 Å². The lowest BCUT2D eigenvalue weighted by molar-refractivity contribution is 1.28. The van der Waals surface area contributed by atoms with Crippen LogP contribution in [0, 0.1) is 13.8 Å². The van der Waals surface area contributed by atoms with Crippen molar-refractivity contribution in [1.82, 2.24) is 9.38 Å². The third kappa shape index (κ3) is 1.34. The SMILES string of the molecule is Cc1ccc(C)c2c1nc1ccc3ccccc3n12. The largest absolute Gasteiger partial charge is 0.292 e. The molecule has 0 radical (unpaired) electrons. The van der Waals surface area contributed by atoms with Gasteiger partial charge >= 0.3 is 0 Å². The van der Waals surface area contributed by atoms with E-state index in [0.29, 0.717) is 0 Å². The van der Waals surface area contributed by atoms with E-state index in [4.69, 9.17) is 4.98 Å². The van der Waals surface area contributed by atoms with Crippen LogP contribution in [-0.2, 0) is 0 Å². The number of imidazole rings is 1. The predicted octanol–water partition coefficient (Wildman–Crippen LogP) is 4.26. The standard InChI is InChI=1S/C17H14N2/c1-11-7-8-12(2)17-16(11)18-15-10-9-13-5-3-4-6-14(13)19(15)17/h3-10H,1-2H3. The second-order valence-electron chi connectivity index (χ2n) is 5.09. The molecule has 0 spiro atoms. The van der Waals surface area contributed by atoms with E-state index in [9.17, 15) is 0 Å². The van der Waals surface area contributed by atoms with Gasteiger partial charge in [-0.2, -0.15) is 0 Å². The van der Waals surface area contributed by atoms with Crippen molar-refractivity contribution >= 4 is 27.6 Å². The van der Waals surface area contributed by atoms with Crippen molar-refractivity contribution in [1.29, 1.82) is 0 Å². The third-order valence-electron chi connectivity index (χ3n) is 3.82. The van der Waals surface area contributed by atoms with Gasteiger partial charge in [-0.1, -0.05) is 30.3 Å². The van der Waals surface area contributed by atoms with E-state index in [1.165, 1.54) is 27.5 Å². The van der Waals surface area contributed by atoms with Crippen LogP contribution in [0.15, 0.2) is 48.5 Å². The molecule has 0 amide bonds. The molecular formula is C17H14N2. The summed E-state index contributed by atoms with van der Waals surface area (Å²) in [6.07, 6.45) is 0. The Kier molecular flexibility index (Phi) is 1.99. The highest BCUT2D eigenvalue weighted by Gasteiger charge is 2.11. The van der Waals surface area contributed by atoms with E-state index >= 15 is 0 Å². The highest BCUT2D eigenvalue weighted by Crippen LogP contribution is 2.27. The second kappa shape index (κ2) is 3.58. The first-order chi connectivity index (χ1) is 9.25. The predicted molar refractivity (Wildman–Crippen MR) is 79.7 cm³/mol. The maximum absolute atomic E-state index is 4.79. The quantitative estimate of drug-likeness (QED) is 0.453. The van der Waals surface area contributed by atoms with Crippen LogP contribution in [-0.4, -0.2) is 9.38 Å². The Morgan fingerprint density at radius 1 is 0.842 bits per heavy atom. The number of benzene rings is 2. The van der Waals surface area contributed by atoms with Crippen LogP contribution >= 0.6 is 0 Å². The minimum atomic E-state index is 1.02. The molecule has 0 atom stereocenters. The maximum Gasteiger partial charge on any atom is 0.138 e. The Bertz CT molecular complexity index is 932. The average Bonchev–Trinajstić information content (AvgIpc) is 2.84. The zero-order valence-corrected chi connectivity index (χ0v) is 11.0. The fraction of sp³-hybridized carbons (Fsp3) is 0.118. The fourth-order valence-corrected chi connectivity index (χ4v) is 2.84. The van der Waals surface area contributed by atoms with Gasteiger partial charge in [0.25, 0.3) is 0 Å². The number of rotatable bonds is 0. The summed E-state index contributed by atoms with van der Waals surface area (Å²) in [5.74, 6) is 0. The molecule has 0 N–H and O–H groups in total. The minimum absolute atomic E-state index is 1.02. The summed E-state index contributed by atoms with van der Waals surface area (Å²) in [7, 11) is 0. The van der Waals surface area contributed by atoms with E-state index in [1.54, 1.807) is 0 Å². The van der Waals surface area contributed by atoms with Gasteiger partial charge in [-0.15, -0.1) is 0 Å². The molecule has 2 nitrogen and oxygen atoms in total. The smallest absolute Gasteiger partial charge is 0.138 e. The Morgan fingerprint density at radius 2 is 1.63 bits per heavy atom. The lowest BCUT2D eigenvalue weighted by Gasteiger charge is -2.05. The molecule has 2 aromatic carbocycles. The lowest BCUT2D eigenvalue weighted by Crippen LogP contribution is -1.89. The van der Waals surface area contributed by atoms with E-state index in [0.717, 1.165) is 11.2 Å². The number of aryl methyl sites for hydroxylation is 2. The first kappa shape index (κ1) is 10.6. The topological polar surface area (TPSA) is 17.3 Å². The Morgan fingerprint density at radius 3 is 2.53 bits per heavy atom. The van der Waals surface area contributed by atoms with Crippen LogP contribution in [0.3, 0.4) is 0 Å². The van der Waals surface area contributed by atoms with Gasteiger partial charge in [-0.3, -0.25) is 4.40 Å². The minimum Gasteiger partial charge on any atom is -0.292 e. The van der Waals surface area contributed by atoms with Crippen LogP contribution in [0.1, 0.15) is 11.1 Å². The molecule has 0 aliphatic heterocycles. The van der Waals surface area contributed by atoms with E-state index < -0.39 is 0 Å². The number of para-hydroxylation sites is 1. The second-order valence-corrected chi connectivity index (χ2v) is 5.09. The summed E-state index contributed by atoms with van der Waals surface area (Å²) in [5.41, 5.74) is 7.07. The van der Waals surface area contributed by atoms with Gasteiger partial charge in [0.05, 0.1) is 16.6 Å². The first-order valence-electron chi connectivity index (χ1n) is 6.52. The number of fused-ring (bicyclic) bond motifs is 5. The van der Waals surface area contributed by atoms with Gasteiger partial charge in [0.2, 0.25) is 0 Å². The van der Waals surface area contributed by atoms with Crippen molar-refractivity contribution in [3.63, 3.8) is 0 Å². The molecule has 92 valence electrons. The fourth-order valence-electron chi connectivity index (χ4n) is 2.84. The van der Waals surface area contributed by atoms with Crippen LogP contribution in [0.2, 0.25) is 0 Å². The summed E-state index contributed by atoms with van der Waals surface area (Å²) in [4.78, 5) is 4.79. The summed E-state index contributed by atoms with van der Waals surface area (Å²) in [5, 5.41) is 1.25. The number of pyridine rings is 1. The highest BCUT2D eigenvalue weighted by molar-refractivity contribution is 5.93. The van der Waals surface area contributed by atoms with Crippen LogP contribution < -0.4 is 0 Å². The van der Waals surface area contributed by atoms with E-state index in [-0.39, 0.29) is 0 Å². The number of hydrogen-bond acceptors (Lipinski definition) is 1. The lowest BCUT2D eigenvalue weighted by atomic mass is 10.1. The first-order valence-corrected chi connectivity index (χ1v) is 6.52. The molecule has 19 heavy (non-hydrogen) atoms. The molecule has 0 aliphatic carbocycles. The summed E-state index contributed by atoms with van der Waals surface area (Å²) in [6.45, 7) is 4.27. The van der Waals surface area contributed by atoms with Crippen molar-refractivity contribution in [3.05, 3.63) is 59.7 Å². The number of aromatic nitrogens is 2. The molecule has 4 rings (SSSR count). The molecule has 0 saturated carbocycles. The molecule has 0 fully saturated rings. The molecule has 2 heteroatoms. The summed E-state index contributed by atoms with van der Waals surface area (Å²) in [6, 6.07) is 17.0. The molecule has 2 aromatic heterocycles. The Labute approximate surface area is 111 Å². The van der Waals surface area contributed by atoms with Gasteiger partial charge in [0.15, 0.2) is 0 Å². The number of nitrogens with zero attached hydrogens (tertiary/aromatic N) is 2. The van der Waals surface area contributed by atoms with Crippen LogP contribution in [0.4, 0.5) is 0 Å².